The molecule has 1 saturated heterocycles. The van der Waals surface area contributed by atoms with E-state index in [1.54, 1.807) is 6.07 Å². The minimum Gasteiger partial charge on any atom is -0.314 e. The highest BCUT2D eigenvalue weighted by Crippen LogP contribution is 2.29. The molecule has 2 rings (SSSR count). The molecule has 0 aromatic heterocycles. The quantitative estimate of drug-likeness (QED) is 0.899. The fourth-order valence-electron chi connectivity index (χ4n) is 2.16. The van der Waals surface area contributed by atoms with Gasteiger partial charge in [0.1, 0.15) is 5.82 Å². The monoisotopic (exact) mass is 286 g/mol. The first-order valence-corrected chi connectivity index (χ1v) is 6.38. The molecular weight excluding hydrogens is 271 g/mol. The average molecular weight is 287 g/mol. The van der Waals surface area contributed by atoms with Crippen molar-refractivity contribution < 1.29 is 4.39 Å². The first-order valence-electron chi connectivity index (χ1n) is 5.59. The van der Waals surface area contributed by atoms with Gasteiger partial charge in [0.25, 0.3) is 0 Å². The molecule has 0 bridgehead atoms. The molecule has 0 spiro atoms. The molecule has 1 aromatic carbocycles. The molecule has 1 atom stereocenters. The molecule has 1 aromatic rings. The van der Waals surface area contributed by atoms with E-state index in [-0.39, 0.29) is 11.9 Å². The van der Waals surface area contributed by atoms with Crippen LogP contribution in [0.2, 0.25) is 0 Å². The van der Waals surface area contributed by atoms with Crippen molar-refractivity contribution in [2.45, 2.75) is 13.0 Å². The number of nitrogens with one attached hydrogen (secondary N) is 1. The zero-order valence-corrected chi connectivity index (χ0v) is 10.9. The first kappa shape index (κ1) is 12.0. The van der Waals surface area contributed by atoms with Crippen LogP contribution in [-0.4, -0.2) is 31.1 Å². The summed E-state index contributed by atoms with van der Waals surface area (Å²) in [4.78, 5) is 2.31. The number of rotatable bonds is 2. The van der Waals surface area contributed by atoms with Gasteiger partial charge in [-0.25, -0.2) is 4.39 Å². The number of piperazine rings is 1. The van der Waals surface area contributed by atoms with E-state index in [1.165, 1.54) is 6.07 Å². The van der Waals surface area contributed by atoms with Crippen molar-refractivity contribution in [3.8, 4) is 0 Å². The van der Waals surface area contributed by atoms with E-state index in [1.807, 2.05) is 6.07 Å². The normalized spacial score (nSPS) is 19.7. The summed E-state index contributed by atoms with van der Waals surface area (Å²) in [6.45, 7) is 5.98. The van der Waals surface area contributed by atoms with Crippen LogP contribution in [0.15, 0.2) is 22.7 Å². The first-order chi connectivity index (χ1) is 7.70. The van der Waals surface area contributed by atoms with Crippen LogP contribution >= 0.6 is 15.9 Å². The third kappa shape index (κ3) is 2.44. The zero-order valence-electron chi connectivity index (χ0n) is 9.34. The highest BCUT2D eigenvalue weighted by atomic mass is 79.9. The SMILES string of the molecule is C[C@@H](c1c(F)cccc1Br)N1CCNCC1. The number of hydrogen-bond donors (Lipinski definition) is 1. The van der Waals surface area contributed by atoms with Gasteiger partial charge < -0.3 is 5.32 Å². The van der Waals surface area contributed by atoms with Gasteiger partial charge in [0.2, 0.25) is 0 Å². The summed E-state index contributed by atoms with van der Waals surface area (Å²) in [6.07, 6.45) is 0. The Kier molecular flexibility index (Phi) is 3.95. The average Bonchev–Trinajstić information content (AvgIpc) is 2.30. The van der Waals surface area contributed by atoms with Crippen molar-refractivity contribution >= 4 is 15.9 Å². The summed E-state index contributed by atoms with van der Waals surface area (Å²) in [6, 6.07) is 5.28. The third-order valence-corrected chi connectivity index (χ3v) is 3.81. The molecule has 1 fully saturated rings. The second kappa shape index (κ2) is 5.25. The van der Waals surface area contributed by atoms with Gasteiger partial charge in [-0.1, -0.05) is 22.0 Å². The molecule has 0 radical (unpaired) electrons. The largest absolute Gasteiger partial charge is 0.314 e. The Morgan fingerprint density at radius 1 is 1.38 bits per heavy atom. The molecule has 0 saturated carbocycles. The Morgan fingerprint density at radius 2 is 2.06 bits per heavy atom. The molecule has 2 nitrogen and oxygen atoms in total. The number of halogens is 2. The molecule has 1 aliphatic heterocycles. The van der Waals surface area contributed by atoms with Crippen LogP contribution in [-0.2, 0) is 0 Å². The van der Waals surface area contributed by atoms with Gasteiger partial charge in [-0.15, -0.1) is 0 Å². The van der Waals surface area contributed by atoms with Crippen LogP contribution in [0.5, 0.6) is 0 Å². The highest BCUT2D eigenvalue weighted by molar-refractivity contribution is 9.10. The van der Waals surface area contributed by atoms with Crippen LogP contribution < -0.4 is 5.32 Å². The van der Waals surface area contributed by atoms with Crippen LogP contribution in [0, 0.1) is 5.82 Å². The Balaban J connectivity index is 2.22. The summed E-state index contributed by atoms with van der Waals surface area (Å²) in [5, 5.41) is 3.30. The van der Waals surface area contributed by atoms with Gasteiger partial charge in [0.05, 0.1) is 0 Å². The zero-order chi connectivity index (χ0) is 11.5. The van der Waals surface area contributed by atoms with Crippen LogP contribution in [0.4, 0.5) is 4.39 Å². The lowest BCUT2D eigenvalue weighted by Crippen LogP contribution is -2.44. The lowest BCUT2D eigenvalue weighted by molar-refractivity contribution is 0.182. The lowest BCUT2D eigenvalue weighted by Gasteiger charge is -2.33. The Morgan fingerprint density at radius 3 is 2.69 bits per heavy atom. The lowest BCUT2D eigenvalue weighted by atomic mass is 10.1. The minimum absolute atomic E-state index is 0.123. The van der Waals surface area contributed by atoms with E-state index in [9.17, 15) is 4.39 Å². The predicted molar refractivity (Wildman–Crippen MR) is 67.0 cm³/mol. The summed E-state index contributed by atoms with van der Waals surface area (Å²) in [5.74, 6) is -0.125. The summed E-state index contributed by atoms with van der Waals surface area (Å²) < 4.78 is 14.6. The Bertz CT molecular complexity index is 344. The third-order valence-electron chi connectivity index (χ3n) is 3.12. The summed E-state index contributed by atoms with van der Waals surface area (Å²) >= 11 is 3.43. The van der Waals surface area contributed by atoms with Crippen LogP contribution in [0.3, 0.4) is 0 Å². The van der Waals surface area contributed by atoms with Gasteiger partial charge in [-0.05, 0) is 19.1 Å². The molecule has 88 valence electrons. The van der Waals surface area contributed by atoms with E-state index in [0.29, 0.717) is 0 Å². The molecule has 0 amide bonds. The fraction of sp³-hybridized carbons (Fsp3) is 0.500. The smallest absolute Gasteiger partial charge is 0.129 e. The van der Waals surface area contributed by atoms with E-state index >= 15 is 0 Å². The standard InChI is InChI=1S/C12H16BrFN2/c1-9(16-7-5-15-6-8-16)12-10(13)3-2-4-11(12)14/h2-4,9,15H,5-8H2,1H3/t9-/m0/s1. The topological polar surface area (TPSA) is 15.3 Å². The van der Waals surface area contributed by atoms with Crippen molar-refractivity contribution in [1.29, 1.82) is 0 Å². The molecule has 4 heteroatoms. The number of nitrogens with zero attached hydrogens (tertiary/aromatic N) is 1. The number of benzene rings is 1. The highest BCUT2D eigenvalue weighted by Gasteiger charge is 2.22. The summed E-state index contributed by atoms with van der Waals surface area (Å²) in [5.41, 5.74) is 0.768. The Labute approximate surface area is 104 Å². The number of hydrogen-bond acceptors (Lipinski definition) is 2. The second-order valence-corrected chi connectivity index (χ2v) is 4.95. The van der Waals surface area contributed by atoms with Crippen molar-refractivity contribution in [2.75, 3.05) is 26.2 Å². The van der Waals surface area contributed by atoms with Gasteiger partial charge in [0.15, 0.2) is 0 Å². The molecular formula is C12H16BrFN2. The second-order valence-electron chi connectivity index (χ2n) is 4.10. The van der Waals surface area contributed by atoms with E-state index in [0.717, 1.165) is 36.2 Å². The van der Waals surface area contributed by atoms with E-state index in [4.69, 9.17) is 0 Å². The fourth-order valence-corrected chi connectivity index (χ4v) is 2.84. The maximum atomic E-state index is 13.8. The molecule has 0 aliphatic carbocycles. The minimum atomic E-state index is -0.125. The van der Waals surface area contributed by atoms with Crippen molar-refractivity contribution in [3.63, 3.8) is 0 Å². The maximum absolute atomic E-state index is 13.8. The summed E-state index contributed by atoms with van der Waals surface area (Å²) in [7, 11) is 0. The molecule has 16 heavy (non-hydrogen) atoms. The maximum Gasteiger partial charge on any atom is 0.129 e. The van der Waals surface area contributed by atoms with Gasteiger partial charge in [-0.3, -0.25) is 4.90 Å². The van der Waals surface area contributed by atoms with Gasteiger partial charge in [0, 0.05) is 42.3 Å². The molecule has 0 unspecified atom stereocenters. The molecule has 1 heterocycles. The van der Waals surface area contributed by atoms with E-state index in [2.05, 4.69) is 33.1 Å². The van der Waals surface area contributed by atoms with Crippen molar-refractivity contribution in [1.82, 2.24) is 10.2 Å². The van der Waals surface area contributed by atoms with Crippen LogP contribution in [0.1, 0.15) is 18.5 Å². The van der Waals surface area contributed by atoms with E-state index < -0.39 is 0 Å². The van der Waals surface area contributed by atoms with Crippen molar-refractivity contribution in [2.24, 2.45) is 0 Å². The predicted octanol–water partition coefficient (Wildman–Crippen LogP) is 2.55. The Hall–Kier alpha value is -0.450. The molecule has 1 aliphatic rings. The van der Waals surface area contributed by atoms with Crippen LogP contribution in [0.25, 0.3) is 0 Å². The van der Waals surface area contributed by atoms with Crippen molar-refractivity contribution in [3.05, 3.63) is 34.1 Å². The van der Waals surface area contributed by atoms with Gasteiger partial charge in [-0.2, -0.15) is 0 Å². The van der Waals surface area contributed by atoms with Gasteiger partial charge >= 0.3 is 0 Å². The molecule has 1 N–H and O–H groups in total.